The smallest absolute Gasteiger partial charge is 0.226 e. The molecule has 0 unspecified atom stereocenters. The number of H-pyrrole nitrogens is 1. The lowest BCUT2D eigenvalue weighted by molar-refractivity contribution is 0.122. The molecule has 3 rings (SSSR count). The van der Waals surface area contributed by atoms with Crippen molar-refractivity contribution in [1.82, 2.24) is 15.2 Å². The number of hydrogen-bond donors (Lipinski definition) is 1. The van der Waals surface area contributed by atoms with Gasteiger partial charge in [0.05, 0.1) is 25.2 Å². The molecular formula is C18H28N4O2. The van der Waals surface area contributed by atoms with Crippen molar-refractivity contribution in [3.05, 3.63) is 11.8 Å². The third-order valence-corrected chi connectivity index (χ3v) is 4.49. The van der Waals surface area contributed by atoms with E-state index in [0.29, 0.717) is 12.5 Å². The maximum absolute atomic E-state index is 6.04. The van der Waals surface area contributed by atoms with Gasteiger partial charge < -0.3 is 14.4 Å². The van der Waals surface area contributed by atoms with Crippen LogP contribution in [-0.2, 0) is 4.74 Å². The SMILES string of the molecule is CCCCCCCOc1nc(N2CCOCC2)cc2n[nH]c(C)c12. The summed E-state index contributed by atoms with van der Waals surface area (Å²) in [7, 11) is 0. The van der Waals surface area contributed by atoms with Gasteiger partial charge in [-0.25, -0.2) is 0 Å². The zero-order chi connectivity index (χ0) is 16.8. The Balaban J connectivity index is 1.72. The summed E-state index contributed by atoms with van der Waals surface area (Å²) in [6, 6.07) is 2.04. The molecule has 1 fully saturated rings. The molecule has 0 aromatic carbocycles. The highest BCUT2D eigenvalue weighted by molar-refractivity contribution is 5.88. The number of pyridine rings is 1. The van der Waals surface area contributed by atoms with E-state index in [-0.39, 0.29) is 0 Å². The highest BCUT2D eigenvalue weighted by Gasteiger charge is 2.18. The van der Waals surface area contributed by atoms with Crippen LogP contribution < -0.4 is 9.64 Å². The lowest BCUT2D eigenvalue weighted by atomic mass is 10.2. The summed E-state index contributed by atoms with van der Waals surface area (Å²) in [4.78, 5) is 7.02. The molecule has 0 amide bonds. The highest BCUT2D eigenvalue weighted by Crippen LogP contribution is 2.29. The molecule has 1 saturated heterocycles. The summed E-state index contributed by atoms with van der Waals surface area (Å²) in [6.45, 7) is 8.16. The minimum absolute atomic E-state index is 0.704. The molecule has 0 bridgehead atoms. The normalized spacial score (nSPS) is 15.2. The number of nitrogens with one attached hydrogen (secondary N) is 1. The Morgan fingerprint density at radius 1 is 1.21 bits per heavy atom. The molecule has 0 atom stereocenters. The van der Waals surface area contributed by atoms with Crippen molar-refractivity contribution in [2.24, 2.45) is 0 Å². The molecule has 2 aromatic rings. The molecule has 6 heteroatoms. The maximum Gasteiger partial charge on any atom is 0.226 e. The lowest BCUT2D eigenvalue weighted by Gasteiger charge is -2.28. The number of aromatic amines is 1. The molecule has 1 aliphatic rings. The fourth-order valence-corrected chi connectivity index (χ4v) is 3.07. The number of fused-ring (bicyclic) bond motifs is 1. The van der Waals surface area contributed by atoms with Gasteiger partial charge in [0, 0.05) is 24.8 Å². The standard InChI is InChI=1S/C18H28N4O2/c1-3-4-5-6-7-10-24-18-17-14(2)20-21-15(17)13-16(19-18)22-8-11-23-12-9-22/h13H,3-12H2,1-2H3,(H,20,21). The Morgan fingerprint density at radius 3 is 2.79 bits per heavy atom. The molecule has 24 heavy (non-hydrogen) atoms. The van der Waals surface area contributed by atoms with Crippen LogP contribution in [0.5, 0.6) is 5.88 Å². The van der Waals surface area contributed by atoms with Crippen molar-refractivity contribution in [3.8, 4) is 5.88 Å². The van der Waals surface area contributed by atoms with Gasteiger partial charge >= 0.3 is 0 Å². The van der Waals surface area contributed by atoms with Gasteiger partial charge in [0.15, 0.2) is 0 Å². The van der Waals surface area contributed by atoms with Crippen LogP contribution in [0.2, 0.25) is 0 Å². The predicted molar refractivity (Wildman–Crippen MR) is 95.9 cm³/mol. The Morgan fingerprint density at radius 2 is 2.00 bits per heavy atom. The molecule has 0 saturated carbocycles. The number of unbranched alkanes of at least 4 members (excludes halogenated alkanes) is 4. The average molecular weight is 332 g/mol. The van der Waals surface area contributed by atoms with Crippen molar-refractivity contribution >= 4 is 16.7 Å². The number of rotatable bonds is 8. The van der Waals surface area contributed by atoms with Crippen molar-refractivity contribution in [3.63, 3.8) is 0 Å². The molecular weight excluding hydrogens is 304 g/mol. The van der Waals surface area contributed by atoms with E-state index in [1.165, 1.54) is 25.7 Å². The van der Waals surface area contributed by atoms with Gasteiger partial charge in [-0.3, -0.25) is 5.10 Å². The molecule has 1 N–H and O–H groups in total. The molecule has 0 aliphatic carbocycles. The van der Waals surface area contributed by atoms with Gasteiger partial charge in [-0.2, -0.15) is 10.1 Å². The van der Waals surface area contributed by atoms with Crippen molar-refractivity contribution in [2.45, 2.75) is 46.0 Å². The van der Waals surface area contributed by atoms with Crippen LogP contribution in [0.3, 0.4) is 0 Å². The van der Waals surface area contributed by atoms with Gasteiger partial charge in [-0.15, -0.1) is 0 Å². The summed E-state index contributed by atoms with van der Waals surface area (Å²) in [6.07, 6.45) is 6.13. The third-order valence-electron chi connectivity index (χ3n) is 4.49. The number of nitrogens with zero attached hydrogens (tertiary/aromatic N) is 3. The fraction of sp³-hybridized carbons (Fsp3) is 0.667. The number of hydrogen-bond acceptors (Lipinski definition) is 5. The first-order valence-electron chi connectivity index (χ1n) is 9.11. The maximum atomic E-state index is 6.04. The molecule has 3 heterocycles. The molecule has 132 valence electrons. The number of anilines is 1. The van der Waals surface area contributed by atoms with Gasteiger partial charge in [0.1, 0.15) is 11.3 Å². The Labute approximate surface area is 143 Å². The van der Waals surface area contributed by atoms with Crippen molar-refractivity contribution < 1.29 is 9.47 Å². The first kappa shape index (κ1) is 17.0. The molecule has 0 radical (unpaired) electrons. The topological polar surface area (TPSA) is 63.3 Å². The Bertz CT molecular complexity index is 650. The minimum atomic E-state index is 0.704. The van der Waals surface area contributed by atoms with E-state index in [9.17, 15) is 0 Å². The summed E-state index contributed by atoms with van der Waals surface area (Å²) >= 11 is 0. The van der Waals surface area contributed by atoms with Crippen LogP contribution >= 0.6 is 0 Å². The Kier molecular flexibility index (Phi) is 5.91. The van der Waals surface area contributed by atoms with Crippen molar-refractivity contribution in [2.75, 3.05) is 37.8 Å². The first-order chi connectivity index (χ1) is 11.8. The second kappa shape index (κ2) is 8.33. The van der Waals surface area contributed by atoms with Crippen LogP contribution in [0, 0.1) is 6.92 Å². The zero-order valence-corrected chi connectivity index (χ0v) is 14.8. The number of morpholine rings is 1. The lowest BCUT2D eigenvalue weighted by Crippen LogP contribution is -2.36. The highest BCUT2D eigenvalue weighted by atomic mass is 16.5. The van der Waals surface area contributed by atoms with Crippen LogP contribution in [0.15, 0.2) is 6.07 Å². The number of aromatic nitrogens is 3. The molecule has 0 spiro atoms. The van der Waals surface area contributed by atoms with Crippen molar-refractivity contribution in [1.29, 1.82) is 0 Å². The van der Waals surface area contributed by atoms with E-state index in [2.05, 4.69) is 22.0 Å². The van der Waals surface area contributed by atoms with Crippen LogP contribution in [0.25, 0.3) is 10.9 Å². The van der Waals surface area contributed by atoms with E-state index in [4.69, 9.17) is 14.5 Å². The third kappa shape index (κ3) is 3.98. The van der Waals surface area contributed by atoms with Gasteiger partial charge in [0.25, 0.3) is 0 Å². The van der Waals surface area contributed by atoms with E-state index in [0.717, 1.165) is 55.1 Å². The second-order valence-corrected chi connectivity index (χ2v) is 6.39. The van der Waals surface area contributed by atoms with E-state index < -0.39 is 0 Å². The quantitative estimate of drug-likeness (QED) is 0.750. The second-order valence-electron chi connectivity index (χ2n) is 6.39. The van der Waals surface area contributed by atoms with E-state index >= 15 is 0 Å². The van der Waals surface area contributed by atoms with Gasteiger partial charge in [-0.05, 0) is 13.3 Å². The average Bonchev–Trinajstić information content (AvgIpc) is 3.00. The van der Waals surface area contributed by atoms with Crippen LogP contribution in [-0.4, -0.2) is 48.1 Å². The monoisotopic (exact) mass is 332 g/mol. The first-order valence-corrected chi connectivity index (χ1v) is 9.11. The number of aryl methyl sites for hydroxylation is 1. The molecule has 2 aromatic heterocycles. The zero-order valence-electron chi connectivity index (χ0n) is 14.8. The largest absolute Gasteiger partial charge is 0.477 e. The van der Waals surface area contributed by atoms with E-state index in [1.54, 1.807) is 0 Å². The van der Waals surface area contributed by atoms with Gasteiger partial charge in [0.2, 0.25) is 5.88 Å². The molecule has 1 aliphatic heterocycles. The van der Waals surface area contributed by atoms with Gasteiger partial charge in [-0.1, -0.05) is 32.6 Å². The summed E-state index contributed by atoms with van der Waals surface area (Å²) in [5.74, 6) is 1.63. The minimum Gasteiger partial charge on any atom is -0.477 e. The predicted octanol–water partition coefficient (Wildman–Crippen LogP) is 3.45. The van der Waals surface area contributed by atoms with E-state index in [1.807, 2.05) is 13.0 Å². The fourth-order valence-electron chi connectivity index (χ4n) is 3.07. The van der Waals surface area contributed by atoms with Crippen LogP contribution in [0.1, 0.15) is 44.7 Å². The molecule has 6 nitrogen and oxygen atoms in total. The summed E-state index contributed by atoms with van der Waals surface area (Å²) in [5.41, 5.74) is 1.93. The van der Waals surface area contributed by atoms with Crippen LogP contribution in [0.4, 0.5) is 5.82 Å². The number of ether oxygens (including phenoxy) is 2. The summed E-state index contributed by atoms with van der Waals surface area (Å²) in [5, 5.41) is 8.45. The Hall–Kier alpha value is -1.82. The summed E-state index contributed by atoms with van der Waals surface area (Å²) < 4.78 is 11.5.